The Balaban J connectivity index is 1.96. The average molecular weight is 356 g/mol. The molecule has 0 atom stereocenters. The van der Waals surface area contributed by atoms with E-state index in [1.807, 2.05) is 67.3 Å². The fourth-order valence-electron chi connectivity index (χ4n) is 2.74. The summed E-state index contributed by atoms with van der Waals surface area (Å²) in [5.74, 6) is 1.59. The molecule has 0 fully saturated rings. The maximum absolute atomic E-state index is 12.7. The van der Waals surface area contributed by atoms with E-state index in [0.717, 1.165) is 22.7 Å². The lowest BCUT2D eigenvalue weighted by Gasteiger charge is -2.27. The number of amides is 1. The number of benzene rings is 2. The van der Waals surface area contributed by atoms with Gasteiger partial charge in [0.25, 0.3) is 0 Å². The summed E-state index contributed by atoms with van der Waals surface area (Å²) in [4.78, 5) is 14.6. The molecule has 0 aromatic heterocycles. The first-order chi connectivity index (χ1) is 12.5. The van der Waals surface area contributed by atoms with Crippen molar-refractivity contribution in [3.8, 4) is 11.5 Å². The van der Waals surface area contributed by atoms with Crippen LogP contribution in [0, 0.1) is 0 Å². The van der Waals surface area contributed by atoms with E-state index in [1.165, 1.54) is 0 Å². The summed E-state index contributed by atoms with van der Waals surface area (Å²) in [5.41, 5.74) is 1.95. The Kier molecular flexibility index (Phi) is 7.33. The van der Waals surface area contributed by atoms with Crippen LogP contribution in [0.25, 0.3) is 0 Å². The molecule has 0 unspecified atom stereocenters. The number of nitrogens with one attached hydrogen (secondary N) is 1. The van der Waals surface area contributed by atoms with Gasteiger partial charge >= 0.3 is 0 Å². The monoisotopic (exact) mass is 356 g/mol. The Morgan fingerprint density at radius 1 is 1.08 bits per heavy atom. The largest absolute Gasteiger partial charge is 0.497 e. The van der Waals surface area contributed by atoms with Crippen molar-refractivity contribution >= 4 is 11.6 Å². The molecule has 2 aromatic carbocycles. The minimum atomic E-state index is 0.123. The van der Waals surface area contributed by atoms with Crippen molar-refractivity contribution < 1.29 is 14.3 Å². The summed E-state index contributed by atoms with van der Waals surface area (Å²) >= 11 is 0. The Hall–Kier alpha value is -2.69. The third kappa shape index (κ3) is 5.41. The van der Waals surface area contributed by atoms with Gasteiger partial charge in [-0.25, -0.2) is 0 Å². The molecular formula is C21H28N2O3. The van der Waals surface area contributed by atoms with Gasteiger partial charge in [0.05, 0.1) is 19.9 Å². The number of methoxy groups -OCH3 is 2. The highest BCUT2D eigenvalue weighted by Gasteiger charge is 2.17. The second-order valence-electron chi connectivity index (χ2n) is 6.34. The van der Waals surface area contributed by atoms with Crippen LogP contribution in [-0.4, -0.2) is 37.6 Å². The first-order valence-electron chi connectivity index (χ1n) is 8.84. The van der Waals surface area contributed by atoms with Crippen LogP contribution >= 0.6 is 0 Å². The van der Waals surface area contributed by atoms with Crippen LogP contribution in [0.3, 0.4) is 0 Å². The molecule has 0 aliphatic rings. The summed E-state index contributed by atoms with van der Waals surface area (Å²) in [5, 5.41) is 3.27. The molecule has 0 bridgehead atoms. The fourth-order valence-corrected chi connectivity index (χ4v) is 2.74. The van der Waals surface area contributed by atoms with Gasteiger partial charge in [-0.3, -0.25) is 4.79 Å². The molecule has 1 amide bonds. The van der Waals surface area contributed by atoms with E-state index >= 15 is 0 Å². The molecule has 2 rings (SSSR count). The molecule has 0 saturated heterocycles. The predicted molar refractivity (Wildman–Crippen MR) is 105 cm³/mol. The van der Waals surface area contributed by atoms with E-state index in [1.54, 1.807) is 14.2 Å². The number of carbonyl (C=O) groups is 1. The van der Waals surface area contributed by atoms with Crippen molar-refractivity contribution in [2.24, 2.45) is 0 Å². The fraction of sp³-hybridized carbons (Fsp3) is 0.381. The number of hydrogen-bond donors (Lipinski definition) is 1. The second kappa shape index (κ2) is 9.70. The molecule has 0 aliphatic carbocycles. The zero-order valence-corrected chi connectivity index (χ0v) is 16.0. The third-order valence-electron chi connectivity index (χ3n) is 4.20. The normalized spacial score (nSPS) is 10.5. The standard InChI is InChI=1S/C21H28N2O3/c1-16(2)23(15-17-8-6-5-7-9-17)21(24)12-13-22-19-14-18(25-3)10-11-20(19)26-4/h5-11,14,16,22H,12-13,15H2,1-4H3. The van der Waals surface area contributed by atoms with E-state index in [-0.39, 0.29) is 11.9 Å². The summed E-state index contributed by atoms with van der Waals surface area (Å²) in [7, 11) is 3.25. The number of nitrogens with zero attached hydrogens (tertiary/aromatic N) is 1. The van der Waals surface area contributed by atoms with E-state index in [4.69, 9.17) is 9.47 Å². The smallest absolute Gasteiger partial charge is 0.224 e. The van der Waals surface area contributed by atoms with Gasteiger partial charge < -0.3 is 19.7 Å². The maximum atomic E-state index is 12.7. The summed E-state index contributed by atoms with van der Waals surface area (Å²) < 4.78 is 10.6. The lowest BCUT2D eigenvalue weighted by molar-refractivity contribution is -0.133. The maximum Gasteiger partial charge on any atom is 0.224 e. The minimum Gasteiger partial charge on any atom is -0.497 e. The number of anilines is 1. The molecule has 0 radical (unpaired) electrons. The molecule has 0 aliphatic heterocycles. The van der Waals surface area contributed by atoms with Gasteiger partial charge in [0.15, 0.2) is 0 Å². The van der Waals surface area contributed by atoms with Crippen molar-refractivity contribution in [1.29, 1.82) is 0 Å². The first kappa shape index (κ1) is 19.6. The van der Waals surface area contributed by atoms with Crippen molar-refractivity contribution in [2.75, 3.05) is 26.1 Å². The zero-order chi connectivity index (χ0) is 18.9. The number of carbonyl (C=O) groups excluding carboxylic acids is 1. The van der Waals surface area contributed by atoms with Crippen LogP contribution in [-0.2, 0) is 11.3 Å². The molecule has 5 heteroatoms. The van der Waals surface area contributed by atoms with Gasteiger partial charge in [0, 0.05) is 31.6 Å². The summed E-state index contributed by atoms with van der Waals surface area (Å²) in [6, 6.07) is 15.8. The van der Waals surface area contributed by atoms with E-state index in [9.17, 15) is 4.79 Å². The van der Waals surface area contributed by atoms with Crippen molar-refractivity contribution in [1.82, 2.24) is 4.90 Å². The Morgan fingerprint density at radius 2 is 1.81 bits per heavy atom. The quantitative estimate of drug-likeness (QED) is 0.739. The molecule has 5 nitrogen and oxygen atoms in total. The SMILES string of the molecule is COc1ccc(OC)c(NCCC(=O)N(Cc2ccccc2)C(C)C)c1. The van der Waals surface area contributed by atoms with Crippen molar-refractivity contribution in [3.63, 3.8) is 0 Å². The summed E-state index contributed by atoms with van der Waals surface area (Å²) in [6.45, 7) is 5.24. The molecular weight excluding hydrogens is 328 g/mol. The molecule has 0 heterocycles. The minimum absolute atomic E-state index is 0.123. The lowest BCUT2D eigenvalue weighted by atomic mass is 10.1. The predicted octanol–water partition coefficient (Wildman–Crippen LogP) is 3.94. The van der Waals surface area contributed by atoms with Gasteiger partial charge in [-0.2, -0.15) is 0 Å². The van der Waals surface area contributed by atoms with Gasteiger partial charge in [0.1, 0.15) is 11.5 Å². The molecule has 1 N–H and O–H groups in total. The molecule has 0 saturated carbocycles. The van der Waals surface area contributed by atoms with Crippen LogP contribution in [0.4, 0.5) is 5.69 Å². The zero-order valence-electron chi connectivity index (χ0n) is 16.0. The van der Waals surface area contributed by atoms with Gasteiger partial charge in [-0.1, -0.05) is 30.3 Å². The van der Waals surface area contributed by atoms with Gasteiger partial charge in [0.2, 0.25) is 5.91 Å². The highest BCUT2D eigenvalue weighted by Crippen LogP contribution is 2.28. The highest BCUT2D eigenvalue weighted by molar-refractivity contribution is 5.77. The van der Waals surface area contributed by atoms with Crippen LogP contribution in [0.1, 0.15) is 25.8 Å². The van der Waals surface area contributed by atoms with Crippen molar-refractivity contribution in [2.45, 2.75) is 32.9 Å². The molecule has 0 spiro atoms. The number of ether oxygens (including phenoxy) is 2. The molecule has 2 aromatic rings. The van der Waals surface area contributed by atoms with Crippen LogP contribution in [0.2, 0.25) is 0 Å². The summed E-state index contributed by atoms with van der Waals surface area (Å²) in [6.07, 6.45) is 0.408. The first-order valence-corrected chi connectivity index (χ1v) is 8.84. The number of hydrogen-bond acceptors (Lipinski definition) is 4. The van der Waals surface area contributed by atoms with Crippen LogP contribution in [0.15, 0.2) is 48.5 Å². The molecule has 140 valence electrons. The van der Waals surface area contributed by atoms with E-state index in [2.05, 4.69) is 5.32 Å². The van der Waals surface area contributed by atoms with E-state index < -0.39 is 0 Å². The third-order valence-corrected chi connectivity index (χ3v) is 4.20. The molecule has 26 heavy (non-hydrogen) atoms. The topological polar surface area (TPSA) is 50.8 Å². The highest BCUT2D eigenvalue weighted by atomic mass is 16.5. The van der Waals surface area contributed by atoms with Gasteiger partial charge in [-0.05, 0) is 31.5 Å². The number of rotatable bonds is 9. The Bertz CT molecular complexity index is 702. The Morgan fingerprint density at radius 3 is 2.42 bits per heavy atom. The van der Waals surface area contributed by atoms with Crippen LogP contribution < -0.4 is 14.8 Å². The second-order valence-corrected chi connectivity index (χ2v) is 6.34. The average Bonchev–Trinajstić information content (AvgIpc) is 2.66. The van der Waals surface area contributed by atoms with Crippen molar-refractivity contribution in [3.05, 3.63) is 54.1 Å². The Labute approximate surface area is 155 Å². The van der Waals surface area contributed by atoms with Gasteiger partial charge in [-0.15, -0.1) is 0 Å². The van der Waals surface area contributed by atoms with Crippen LogP contribution in [0.5, 0.6) is 11.5 Å². The lowest BCUT2D eigenvalue weighted by Crippen LogP contribution is -2.37. The van der Waals surface area contributed by atoms with E-state index in [0.29, 0.717) is 19.5 Å².